The number of benzene rings is 1. The highest BCUT2D eigenvalue weighted by molar-refractivity contribution is 5.30. The lowest BCUT2D eigenvalue weighted by Gasteiger charge is -2.15. The number of ether oxygens (including phenoxy) is 1. The maximum Gasteiger partial charge on any atom is 0.181 e. The summed E-state index contributed by atoms with van der Waals surface area (Å²) in [6.45, 7) is 0.618. The molecule has 0 aliphatic carbocycles. The second-order valence-electron chi connectivity index (χ2n) is 4.11. The Balaban J connectivity index is 2.13. The zero-order chi connectivity index (χ0) is 13.0. The normalized spacial score (nSPS) is 12.1. The molecule has 1 atom stereocenters. The van der Waals surface area contributed by atoms with Crippen molar-refractivity contribution in [2.45, 2.75) is 12.6 Å². The van der Waals surface area contributed by atoms with Gasteiger partial charge < -0.3 is 15.0 Å². The van der Waals surface area contributed by atoms with E-state index in [1.807, 2.05) is 28.8 Å². The third kappa shape index (κ3) is 2.99. The molecule has 0 amide bonds. The van der Waals surface area contributed by atoms with Crippen LogP contribution < -0.4 is 15.9 Å². The fourth-order valence-corrected chi connectivity index (χ4v) is 1.77. The van der Waals surface area contributed by atoms with Crippen molar-refractivity contribution < 1.29 is 4.74 Å². The SMILES string of the molecule is COc1cccc(C(N)Cn2ccc(=O)cc2)c1. The van der Waals surface area contributed by atoms with Gasteiger partial charge in [-0.1, -0.05) is 12.1 Å². The summed E-state index contributed by atoms with van der Waals surface area (Å²) in [5, 5.41) is 0. The smallest absolute Gasteiger partial charge is 0.181 e. The maximum atomic E-state index is 11.0. The van der Waals surface area contributed by atoms with Crippen LogP contribution in [0.3, 0.4) is 0 Å². The number of aromatic nitrogens is 1. The van der Waals surface area contributed by atoms with Gasteiger partial charge in [-0.25, -0.2) is 0 Å². The fraction of sp³-hybridized carbons (Fsp3) is 0.214. The molecule has 0 aliphatic heterocycles. The molecule has 1 unspecified atom stereocenters. The van der Waals surface area contributed by atoms with Crippen molar-refractivity contribution in [3.05, 3.63) is 64.6 Å². The van der Waals surface area contributed by atoms with Crippen LogP contribution in [0.15, 0.2) is 53.6 Å². The summed E-state index contributed by atoms with van der Waals surface area (Å²) in [6.07, 6.45) is 3.48. The Morgan fingerprint density at radius 1 is 1.28 bits per heavy atom. The van der Waals surface area contributed by atoms with Crippen LogP contribution in [0.1, 0.15) is 11.6 Å². The average Bonchev–Trinajstić information content (AvgIpc) is 2.41. The second kappa shape index (κ2) is 5.51. The van der Waals surface area contributed by atoms with Gasteiger partial charge in [-0.05, 0) is 17.7 Å². The number of hydrogen-bond acceptors (Lipinski definition) is 3. The van der Waals surface area contributed by atoms with Gasteiger partial charge in [-0.2, -0.15) is 0 Å². The lowest BCUT2D eigenvalue weighted by atomic mass is 10.1. The predicted molar refractivity (Wildman–Crippen MR) is 70.6 cm³/mol. The van der Waals surface area contributed by atoms with Crippen LogP contribution in [0.25, 0.3) is 0 Å². The Kier molecular flexibility index (Phi) is 3.79. The molecule has 4 heteroatoms. The Morgan fingerprint density at radius 3 is 2.67 bits per heavy atom. The van der Waals surface area contributed by atoms with E-state index in [0.717, 1.165) is 11.3 Å². The van der Waals surface area contributed by atoms with Gasteiger partial charge in [-0.3, -0.25) is 4.79 Å². The highest BCUT2D eigenvalue weighted by atomic mass is 16.5. The molecule has 1 aromatic heterocycles. The Hall–Kier alpha value is -2.07. The van der Waals surface area contributed by atoms with E-state index in [2.05, 4.69) is 0 Å². The molecule has 1 aromatic carbocycles. The summed E-state index contributed by atoms with van der Waals surface area (Å²) >= 11 is 0. The third-order valence-corrected chi connectivity index (χ3v) is 2.79. The molecule has 0 spiro atoms. The van der Waals surface area contributed by atoms with E-state index in [0.29, 0.717) is 6.54 Å². The van der Waals surface area contributed by atoms with Crippen LogP contribution in [-0.4, -0.2) is 11.7 Å². The quantitative estimate of drug-likeness (QED) is 0.888. The van der Waals surface area contributed by atoms with Crippen molar-refractivity contribution in [2.75, 3.05) is 7.11 Å². The Labute approximate surface area is 106 Å². The first-order valence-corrected chi connectivity index (χ1v) is 5.74. The Morgan fingerprint density at radius 2 is 2.00 bits per heavy atom. The number of nitrogens with two attached hydrogens (primary N) is 1. The van der Waals surface area contributed by atoms with E-state index in [1.54, 1.807) is 19.5 Å². The summed E-state index contributed by atoms with van der Waals surface area (Å²) in [5.41, 5.74) is 7.14. The largest absolute Gasteiger partial charge is 0.497 e. The van der Waals surface area contributed by atoms with E-state index >= 15 is 0 Å². The van der Waals surface area contributed by atoms with Crippen molar-refractivity contribution >= 4 is 0 Å². The number of pyridine rings is 1. The standard InChI is InChI=1S/C14H16N2O2/c1-18-13-4-2-3-11(9-13)14(15)10-16-7-5-12(17)6-8-16/h2-9,14H,10,15H2,1H3. The molecule has 4 nitrogen and oxygen atoms in total. The highest BCUT2D eigenvalue weighted by Gasteiger charge is 2.07. The molecule has 18 heavy (non-hydrogen) atoms. The van der Waals surface area contributed by atoms with Crippen LogP contribution in [0.5, 0.6) is 5.75 Å². The van der Waals surface area contributed by atoms with E-state index in [4.69, 9.17) is 10.5 Å². The van der Waals surface area contributed by atoms with Crippen LogP contribution in [0.2, 0.25) is 0 Å². The topological polar surface area (TPSA) is 57.2 Å². The van der Waals surface area contributed by atoms with Gasteiger partial charge in [0.15, 0.2) is 5.43 Å². The molecular weight excluding hydrogens is 228 g/mol. The minimum absolute atomic E-state index is 0.00111. The number of methoxy groups -OCH3 is 1. The Bertz CT molecular complexity index is 558. The zero-order valence-electron chi connectivity index (χ0n) is 10.2. The molecule has 0 radical (unpaired) electrons. The number of nitrogens with zero attached hydrogens (tertiary/aromatic N) is 1. The molecule has 0 fully saturated rings. The molecule has 0 aliphatic rings. The molecule has 94 valence electrons. The van der Waals surface area contributed by atoms with E-state index in [9.17, 15) is 4.79 Å². The third-order valence-electron chi connectivity index (χ3n) is 2.79. The molecule has 2 aromatic rings. The zero-order valence-corrected chi connectivity index (χ0v) is 10.2. The van der Waals surface area contributed by atoms with Crippen LogP contribution in [0, 0.1) is 0 Å². The minimum atomic E-state index is -0.136. The fourth-order valence-electron chi connectivity index (χ4n) is 1.77. The van der Waals surface area contributed by atoms with Crippen LogP contribution in [-0.2, 0) is 6.54 Å². The molecule has 0 bridgehead atoms. The first-order chi connectivity index (χ1) is 8.69. The van der Waals surface area contributed by atoms with Gasteiger partial charge in [0.25, 0.3) is 0 Å². The van der Waals surface area contributed by atoms with Crippen LogP contribution >= 0.6 is 0 Å². The summed E-state index contributed by atoms with van der Waals surface area (Å²) in [4.78, 5) is 11.0. The number of rotatable bonds is 4. The molecule has 0 saturated heterocycles. The van der Waals surface area contributed by atoms with Gasteiger partial charge in [0, 0.05) is 37.1 Å². The second-order valence-corrected chi connectivity index (χ2v) is 4.11. The van der Waals surface area contributed by atoms with Crippen molar-refractivity contribution in [1.29, 1.82) is 0 Å². The lowest BCUT2D eigenvalue weighted by molar-refractivity contribution is 0.413. The summed E-state index contributed by atoms with van der Waals surface area (Å²) in [5.74, 6) is 0.794. The maximum absolute atomic E-state index is 11.0. The van der Waals surface area contributed by atoms with Crippen molar-refractivity contribution in [3.8, 4) is 5.75 Å². The predicted octanol–water partition coefficient (Wildman–Crippen LogP) is 1.56. The van der Waals surface area contributed by atoms with Gasteiger partial charge >= 0.3 is 0 Å². The van der Waals surface area contributed by atoms with Gasteiger partial charge in [0.1, 0.15) is 5.75 Å². The summed E-state index contributed by atoms with van der Waals surface area (Å²) < 4.78 is 7.06. The molecule has 2 rings (SSSR count). The lowest BCUT2D eigenvalue weighted by Crippen LogP contribution is -2.18. The summed E-state index contributed by atoms with van der Waals surface area (Å²) in [6, 6.07) is 10.6. The highest BCUT2D eigenvalue weighted by Crippen LogP contribution is 2.18. The average molecular weight is 244 g/mol. The van der Waals surface area contributed by atoms with Crippen LogP contribution in [0.4, 0.5) is 0 Å². The molecule has 1 heterocycles. The van der Waals surface area contributed by atoms with Gasteiger partial charge in [0.05, 0.1) is 7.11 Å². The first kappa shape index (κ1) is 12.4. The van der Waals surface area contributed by atoms with Crippen molar-refractivity contribution in [3.63, 3.8) is 0 Å². The van der Waals surface area contributed by atoms with Crippen molar-refractivity contribution in [1.82, 2.24) is 4.57 Å². The van der Waals surface area contributed by atoms with Gasteiger partial charge in [-0.15, -0.1) is 0 Å². The monoisotopic (exact) mass is 244 g/mol. The van der Waals surface area contributed by atoms with E-state index in [-0.39, 0.29) is 11.5 Å². The minimum Gasteiger partial charge on any atom is -0.497 e. The molecular formula is C14H16N2O2. The summed E-state index contributed by atoms with van der Waals surface area (Å²) in [7, 11) is 1.63. The van der Waals surface area contributed by atoms with Gasteiger partial charge in [0.2, 0.25) is 0 Å². The van der Waals surface area contributed by atoms with E-state index < -0.39 is 0 Å². The van der Waals surface area contributed by atoms with E-state index in [1.165, 1.54) is 12.1 Å². The first-order valence-electron chi connectivity index (χ1n) is 5.74. The molecule has 2 N–H and O–H groups in total. The molecule has 0 saturated carbocycles. The van der Waals surface area contributed by atoms with Crippen molar-refractivity contribution in [2.24, 2.45) is 5.73 Å². The number of hydrogen-bond donors (Lipinski definition) is 1.